The third-order valence-electron chi connectivity index (χ3n) is 2.25. The molecule has 12 heavy (non-hydrogen) atoms. The highest BCUT2D eigenvalue weighted by atomic mass is 16.6. The standard InChI is InChI=1S/C7H13NO4/c1-4-5(8-10)3-12-7(9)6(4)11-2/h4-7,9H,3H2,1-2H3/t4-,5-,6-,7+/m1/s1. The van der Waals surface area contributed by atoms with Gasteiger partial charge >= 0.3 is 0 Å². The molecule has 0 saturated carbocycles. The summed E-state index contributed by atoms with van der Waals surface area (Å²) in [7, 11) is 1.47. The van der Waals surface area contributed by atoms with Crippen molar-refractivity contribution in [3.8, 4) is 0 Å². The fourth-order valence-corrected chi connectivity index (χ4v) is 1.38. The monoisotopic (exact) mass is 175 g/mol. The third-order valence-corrected chi connectivity index (χ3v) is 2.25. The molecule has 5 nitrogen and oxygen atoms in total. The summed E-state index contributed by atoms with van der Waals surface area (Å²) < 4.78 is 9.87. The van der Waals surface area contributed by atoms with Crippen LogP contribution in [0.25, 0.3) is 0 Å². The molecule has 0 aliphatic carbocycles. The SMILES string of the molecule is CO[C@@H]1[C@H](C)[C@H](N=O)CO[C@@H]1O. The molecule has 0 spiro atoms. The van der Waals surface area contributed by atoms with E-state index in [1.54, 1.807) is 0 Å². The van der Waals surface area contributed by atoms with Crippen molar-refractivity contribution in [2.75, 3.05) is 13.7 Å². The molecule has 0 bridgehead atoms. The van der Waals surface area contributed by atoms with Crippen molar-refractivity contribution >= 4 is 0 Å². The van der Waals surface area contributed by atoms with E-state index < -0.39 is 18.4 Å². The molecule has 1 aliphatic rings. The second kappa shape index (κ2) is 3.93. The van der Waals surface area contributed by atoms with Gasteiger partial charge in [0.15, 0.2) is 6.29 Å². The zero-order valence-electron chi connectivity index (χ0n) is 7.14. The highest BCUT2D eigenvalue weighted by Gasteiger charge is 2.37. The van der Waals surface area contributed by atoms with Gasteiger partial charge in [-0.05, 0) is 0 Å². The van der Waals surface area contributed by atoms with Crippen molar-refractivity contribution in [2.45, 2.75) is 25.4 Å². The van der Waals surface area contributed by atoms with E-state index in [4.69, 9.17) is 9.47 Å². The number of rotatable bonds is 2. The molecule has 1 rings (SSSR count). The topological polar surface area (TPSA) is 68.1 Å². The predicted octanol–water partition coefficient (Wildman–Crippen LogP) is 0.121. The highest BCUT2D eigenvalue weighted by Crippen LogP contribution is 2.23. The van der Waals surface area contributed by atoms with Crippen molar-refractivity contribution in [2.24, 2.45) is 11.1 Å². The van der Waals surface area contributed by atoms with E-state index in [0.717, 1.165) is 0 Å². The lowest BCUT2D eigenvalue weighted by atomic mass is 9.94. The number of aliphatic hydroxyl groups is 1. The second-order valence-electron chi connectivity index (χ2n) is 2.96. The van der Waals surface area contributed by atoms with Gasteiger partial charge in [0.05, 0.1) is 6.61 Å². The summed E-state index contributed by atoms with van der Waals surface area (Å²) >= 11 is 0. The van der Waals surface area contributed by atoms with Crippen molar-refractivity contribution in [1.29, 1.82) is 0 Å². The molecule has 1 aliphatic heterocycles. The number of methoxy groups -OCH3 is 1. The van der Waals surface area contributed by atoms with Gasteiger partial charge in [-0.1, -0.05) is 12.1 Å². The lowest BCUT2D eigenvalue weighted by Crippen LogP contribution is -2.47. The Morgan fingerprint density at radius 2 is 2.33 bits per heavy atom. The molecule has 0 unspecified atom stereocenters. The van der Waals surface area contributed by atoms with Crippen LogP contribution < -0.4 is 0 Å². The number of aliphatic hydroxyl groups excluding tert-OH is 1. The van der Waals surface area contributed by atoms with Crippen LogP contribution in [0.1, 0.15) is 6.92 Å². The molecule has 0 aromatic heterocycles. The normalized spacial score (nSPS) is 42.6. The minimum atomic E-state index is -0.942. The maximum atomic E-state index is 10.3. The minimum absolute atomic E-state index is 0.101. The van der Waals surface area contributed by atoms with E-state index in [0.29, 0.717) is 0 Å². The molecule has 5 heteroatoms. The molecule has 1 heterocycles. The van der Waals surface area contributed by atoms with Crippen molar-refractivity contribution in [1.82, 2.24) is 0 Å². The number of hydrogen-bond donors (Lipinski definition) is 1. The summed E-state index contributed by atoms with van der Waals surface area (Å²) in [4.78, 5) is 10.3. The summed E-state index contributed by atoms with van der Waals surface area (Å²) in [5.74, 6) is -0.101. The maximum Gasteiger partial charge on any atom is 0.181 e. The Morgan fingerprint density at radius 1 is 1.67 bits per heavy atom. The van der Waals surface area contributed by atoms with Crippen LogP contribution in [0.15, 0.2) is 5.18 Å². The Morgan fingerprint density at radius 3 is 2.83 bits per heavy atom. The van der Waals surface area contributed by atoms with Crippen LogP contribution >= 0.6 is 0 Å². The van der Waals surface area contributed by atoms with Crippen LogP contribution in [-0.4, -0.2) is 37.3 Å². The smallest absolute Gasteiger partial charge is 0.181 e. The van der Waals surface area contributed by atoms with Gasteiger partial charge in [0.1, 0.15) is 12.1 Å². The zero-order valence-corrected chi connectivity index (χ0v) is 7.14. The fourth-order valence-electron chi connectivity index (χ4n) is 1.38. The van der Waals surface area contributed by atoms with E-state index >= 15 is 0 Å². The number of nitrogens with zero attached hydrogens (tertiary/aromatic N) is 1. The molecule has 0 radical (unpaired) electrons. The van der Waals surface area contributed by atoms with E-state index in [9.17, 15) is 10.0 Å². The van der Waals surface area contributed by atoms with Gasteiger partial charge in [-0.15, -0.1) is 0 Å². The van der Waals surface area contributed by atoms with E-state index in [1.165, 1.54) is 7.11 Å². The Balaban J connectivity index is 2.62. The van der Waals surface area contributed by atoms with Crippen LogP contribution in [0, 0.1) is 10.8 Å². The average Bonchev–Trinajstić information content (AvgIpc) is 2.06. The Bertz CT molecular complexity index is 163. The average molecular weight is 175 g/mol. The second-order valence-corrected chi connectivity index (χ2v) is 2.96. The van der Waals surface area contributed by atoms with Crippen molar-refractivity contribution < 1.29 is 14.6 Å². The summed E-state index contributed by atoms with van der Waals surface area (Å²) in [5, 5.41) is 12.2. The number of hydrogen-bond acceptors (Lipinski definition) is 5. The summed E-state index contributed by atoms with van der Waals surface area (Å²) in [5.41, 5.74) is 0. The first kappa shape index (κ1) is 9.57. The Labute approximate surface area is 70.6 Å². The summed E-state index contributed by atoms with van der Waals surface area (Å²) in [6, 6.07) is -0.418. The van der Waals surface area contributed by atoms with Crippen LogP contribution in [0.3, 0.4) is 0 Å². The maximum absolute atomic E-state index is 10.3. The summed E-state index contributed by atoms with van der Waals surface area (Å²) in [6.45, 7) is 1.98. The quantitative estimate of drug-likeness (QED) is 0.605. The van der Waals surface area contributed by atoms with Gasteiger partial charge in [-0.2, -0.15) is 4.91 Å². The summed E-state index contributed by atoms with van der Waals surface area (Å²) in [6.07, 6.45) is -1.40. The van der Waals surface area contributed by atoms with Crippen molar-refractivity contribution in [3.05, 3.63) is 4.91 Å². The van der Waals surface area contributed by atoms with Crippen molar-refractivity contribution in [3.63, 3.8) is 0 Å². The van der Waals surface area contributed by atoms with Gasteiger partial charge in [0.25, 0.3) is 0 Å². The molecular weight excluding hydrogens is 162 g/mol. The van der Waals surface area contributed by atoms with E-state index in [1.807, 2.05) is 6.92 Å². The molecule has 1 fully saturated rings. The van der Waals surface area contributed by atoms with Crippen LogP contribution in [0.4, 0.5) is 0 Å². The first-order chi connectivity index (χ1) is 5.70. The lowest BCUT2D eigenvalue weighted by molar-refractivity contribution is -0.216. The predicted molar refractivity (Wildman–Crippen MR) is 41.5 cm³/mol. The largest absolute Gasteiger partial charge is 0.376 e. The molecule has 1 saturated heterocycles. The highest BCUT2D eigenvalue weighted by molar-refractivity contribution is 4.84. The van der Waals surface area contributed by atoms with Gasteiger partial charge in [-0.25, -0.2) is 0 Å². The Hall–Kier alpha value is -0.520. The van der Waals surface area contributed by atoms with Crippen LogP contribution in [0.5, 0.6) is 0 Å². The molecule has 70 valence electrons. The van der Waals surface area contributed by atoms with Crippen LogP contribution in [0.2, 0.25) is 0 Å². The Kier molecular flexibility index (Phi) is 3.13. The number of ether oxygens (including phenoxy) is 2. The molecule has 1 N–H and O–H groups in total. The van der Waals surface area contributed by atoms with E-state index in [2.05, 4.69) is 5.18 Å². The fraction of sp³-hybridized carbons (Fsp3) is 1.00. The molecule has 0 aromatic rings. The molecular formula is C7H13NO4. The first-order valence-corrected chi connectivity index (χ1v) is 3.85. The third kappa shape index (κ3) is 1.63. The van der Waals surface area contributed by atoms with Crippen LogP contribution in [-0.2, 0) is 9.47 Å². The zero-order chi connectivity index (χ0) is 9.14. The van der Waals surface area contributed by atoms with Gasteiger partial charge in [0, 0.05) is 13.0 Å². The van der Waals surface area contributed by atoms with Gasteiger partial charge < -0.3 is 14.6 Å². The molecule has 4 atom stereocenters. The van der Waals surface area contributed by atoms with E-state index in [-0.39, 0.29) is 12.5 Å². The molecule has 0 aromatic carbocycles. The van der Waals surface area contributed by atoms with Gasteiger partial charge in [0.2, 0.25) is 0 Å². The number of nitroso groups, excluding NO2 is 1. The lowest BCUT2D eigenvalue weighted by Gasteiger charge is -2.34. The molecule has 0 amide bonds. The van der Waals surface area contributed by atoms with Gasteiger partial charge in [-0.3, -0.25) is 0 Å². The first-order valence-electron chi connectivity index (χ1n) is 3.85. The minimum Gasteiger partial charge on any atom is -0.376 e.